The van der Waals surface area contributed by atoms with Gasteiger partial charge in [0.15, 0.2) is 5.82 Å². The molecule has 3 rings (SSSR count). The smallest absolute Gasteiger partial charge is 0.206 e. The van der Waals surface area contributed by atoms with Crippen molar-refractivity contribution >= 4 is 32.9 Å². The third-order valence-corrected chi connectivity index (χ3v) is 3.75. The van der Waals surface area contributed by atoms with Gasteiger partial charge in [0.05, 0.1) is 15.7 Å². The summed E-state index contributed by atoms with van der Waals surface area (Å²) >= 11 is 3.15. The molecule has 0 saturated carbocycles. The Balaban J connectivity index is 2.38. The van der Waals surface area contributed by atoms with Gasteiger partial charge in [0.2, 0.25) is 5.95 Å². The number of rotatable bonds is 1. The number of nitrogens with two attached hydrogens (primary N) is 1. The van der Waals surface area contributed by atoms with Crippen molar-refractivity contribution < 1.29 is 8.78 Å². The lowest BCUT2D eigenvalue weighted by molar-refractivity contribution is 0.619. The lowest BCUT2D eigenvalue weighted by Crippen LogP contribution is -2.03. The maximum atomic E-state index is 13.7. The van der Waals surface area contributed by atoms with Gasteiger partial charge in [0.1, 0.15) is 11.3 Å². The molecule has 2 N–H and O–H groups in total. The molecule has 0 fully saturated rings. The molecule has 20 heavy (non-hydrogen) atoms. The lowest BCUT2D eigenvalue weighted by atomic mass is 10.2. The van der Waals surface area contributed by atoms with Crippen LogP contribution in [0.25, 0.3) is 16.7 Å². The number of benzene rings is 2. The predicted molar refractivity (Wildman–Crippen MR) is 77.8 cm³/mol. The fourth-order valence-corrected chi connectivity index (χ4v) is 2.54. The molecular formula is C14H10BrF2N3. The van der Waals surface area contributed by atoms with E-state index in [4.69, 9.17) is 5.73 Å². The van der Waals surface area contributed by atoms with Gasteiger partial charge in [0.25, 0.3) is 0 Å². The van der Waals surface area contributed by atoms with Gasteiger partial charge in [-0.1, -0.05) is 6.07 Å². The zero-order valence-electron chi connectivity index (χ0n) is 10.5. The fraction of sp³-hybridized carbons (Fsp3) is 0.0714. The van der Waals surface area contributed by atoms with E-state index in [9.17, 15) is 8.78 Å². The Labute approximate surface area is 122 Å². The van der Waals surface area contributed by atoms with Crippen LogP contribution in [0.4, 0.5) is 14.7 Å². The molecule has 1 aromatic heterocycles. The van der Waals surface area contributed by atoms with Crippen molar-refractivity contribution in [1.82, 2.24) is 9.55 Å². The number of halogens is 3. The Morgan fingerprint density at radius 2 is 1.95 bits per heavy atom. The summed E-state index contributed by atoms with van der Waals surface area (Å²) < 4.78 is 29.2. The largest absolute Gasteiger partial charge is 0.369 e. The fourth-order valence-electron chi connectivity index (χ4n) is 2.21. The summed E-state index contributed by atoms with van der Waals surface area (Å²) in [4.78, 5) is 4.04. The van der Waals surface area contributed by atoms with Gasteiger partial charge in [-0.05, 0) is 52.7 Å². The number of aromatic nitrogens is 2. The van der Waals surface area contributed by atoms with E-state index in [0.29, 0.717) is 21.2 Å². The van der Waals surface area contributed by atoms with Crippen molar-refractivity contribution in [1.29, 1.82) is 0 Å². The number of hydrogen-bond acceptors (Lipinski definition) is 2. The minimum Gasteiger partial charge on any atom is -0.369 e. The molecule has 102 valence electrons. The molecule has 1 heterocycles. The number of anilines is 1. The van der Waals surface area contributed by atoms with Gasteiger partial charge in [-0.2, -0.15) is 0 Å². The Morgan fingerprint density at radius 3 is 2.70 bits per heavy atom. The molecule has 0 unspecified atom stereocenters. The first-order chi connectivity index (χ1) is 9.49. The highest BCUT2D eigenvalue weighted by atomic mass is 79.9. The van der Waals surface area contributed by atoms with Crippen molar-refractivity contribution in [2.45, 2.75) is 6.92 Å². The average molecular weight is 338 g/mol. The Morgan fingerprint density at radius 1 is 1.20 bits per heavy atom. The van der Waals surface area contributed by atoms with Crippen LogP contribution in [-0.4, -0.2) is 9.55 Å². The first-order valence-corrected chi connectivity index (χ1v) is 6.67. The van der Waals surface area contributed by atoms with Crippen molar-refractivity contribution in [3.05, 3.63) is 52.0 Å². The van der Waals surface area contributed by atoms with E-state index in [-0.39, 0.29) is 17.3 Å². The van der Waals surface area contributed by atoms with Crippen LogP contribution in [0.5, 0.6) is 0 Å². The van der Waals surface area contributed by atoms with Crippen LogP contribution in [0, 0.1) is 18.6 Å². The molecule has 0 amide bonds. The van der Waals surface area contributed by atoms with E-state index in [1.807, 2.05) is 0 Å². The highest BCUT2D eigenvalue weighted by Gasteiger charge is 2.15. The quantitative estimate of drug-likeness (QED) is 0.730. The SMILES string of the molecule is Cc1cc(F)c(Br)cc1-n1c(N)nc2c(F)cccc21. The van der Waals surface area contributed by atoms with Crippen molar-refractivity contribution in [3.63, 3.8) is 0 Å². The van der Waals surface area contributed by atoms with E-state index in [0.717, 1.165) is 0 Å². The lowest BCUT2D eigenvalue weighted by Gasteiger charge is -2.11. The average Bonchev–Trinajstić information content (AvgIpc) is 2.72. The molecular weight excluding hydrogens is 328 g/mol. The van der Waals surface area contributed by atoms with Gasteiger partial charge in [-0.25, -0.2) is 13.8 Å². The molecule has 3 aromatic rings. The van der Waals surface area contributed by atoms with Crippen molar-refractivity contribution in [3.8, 4) is 5.69 Å². The van der Waals surface area contributed by atoms with Crippen LogP contribution in [-0.2, 0) is 0 Å². The van der Waals surface area contributed by atoms with E-state index < -0.39 is 5.82 Å². The zero-order chi connectivity index (χ0) is 14.4. The van der Waals surface area contributed by atoms with Gasteiger partial charge in [-0.3, -0.25) is 4.57 Å². The number of imidazole rings is 1. The molecule has 0 saturated heterocycles. The monoisotopic (exact) mass is 337 g/mol. The number of nitrogen functional groups attached to an aromatic ring is 1. The van der Waals surface area contributed by atoms with Crippen LogP contribution in [0.2, 0.25) is 0 Å². The van der Waals surface area contributed by atoms with E-state index in [2.05, 4.69) is 20.9 Å². The summed E-state index contributed by atoms with van der Waals surface area (Å²) in [6.45, 7) is 1.76. The zero-order valence-corrected chi connectivity index (χ0v) is 12.1. The first-order valence-electron chi connectivity index (χ1n) is 5.87. The van der Waals surface area contributed by atoms with Gasteiger partial charge in [-0.15, -0.1) is 0 Å². The highest BCUT2D eigenvalue weighted by Crippen LogP contribution is 2.29. The third kappa shape index (κ3) is 1.87. The van der Waals surface area contributed by atoms with Gasteiger partial charge < -0.3 is 5.73 Å². The maximum Gasteiger partial charge on any atom is 0.206 e. The molecule has 0 atom stereocenters. The van der Waals surface area contributed by atoms with Crippen LogP contribution >= 0.6 is 15.9 Å². The molecule has 0 spiro atoms. The van der Waals surface area contributed by atoms with Gasteiger partial charge in [0, 0.05) is 0 Å². The van der Waals surface area contributed by atoms with Crippen LogP contribution in [0.15, 0.2) is 34.8 Å². The van der Waals surface area contributed by atoms with E-state index in [1.165, 1.54) is 12.1 Å². The van der Waals surface area contributed by atoms with Gasteiger partial charge >= 0.3 is 0 Å². The summed E-state index contributed by atoms with van der Waals surface area (Å²) in [6, 6.07) is 7.63. The molecule has 3 nitrogen and oxygen atoms in total. The maximum absolute atomic E-state index is 13.7. The topological polar surface area (TPSA) is 43.8 Å². The highest BCUT2D eigenvalue weighted by molar-refractivity contribution is 9.10. The van der Waals surface area contributed by atoms with Crippen LogP contribution in [0.1, 0.15) is 5.56 Å². The molecule has 0 bridgehead atoms. The minimum absolute atomic E-state index is 0.159. The standard InChI is InChI=1S/C14H10BrF2N3/c1-7-5-10(17)8(15)6-12(7)20-11-4-2-3-9(16)13(11)19-14(20)18/h2-6H,1H3,(H2,18,19). The molecule has 2 aromatic carbocycles. The molecule has 6 heteroatoms. The molecule has 0 radical (unpaired) electrons. The Kier molecular flexibility index (Phi) is 2.97. The third-order valence-electron chi connectivity index (χ3n) is 3.14. The predicted octanol–water partition coefficient (Wildman–Crippen LogP) is 3.96. The molecule has 0 aliphatic carbocycles. The summed E-state index contributed by atoms with van der Waals surface area (Å²) in [7, 11) is 0. The number of para-hydroxylation sites is 1. The Bertz CT molecular complexity index is 827. The van der Waals surface area contributed by atoms with Crippen molar-refractivity contribution in [2.75, 3.05) is 5.73 Å². The number of nitrogens with zero attached hydrogens (tertiary/aromatic N) is 2. The van der Waals surface area contributed by atoms with E-state index in [1.54, 1.807) is 29.7 Å². The van der Waals surface area contributed by atoms with Crippen LogP contribution in [0.3, 0.4) is 0 Å². The van der Waals surface area contributed by atoms with Crippen molar-refractivity contribution in [2.24, 2.45) is 0 Å². The summed E-state index contributed by atoms with van der Waals surface area (Å²) in [5.41, 5.74) is 7.97. The molecule has 0 aliphatic heterocycles. The second-order valence-corrected chi connectivity index (χ2v) is 5.32. The van der Waals surface area contributed by atoms with Crippen LogP contribution < -0.4 is 5.73 Å². The summed E-state index contributed by atoms with van der Waals surface area (Å²) in [5, 5.41) is 0. The minimum atomic E-state index is -0.438. The second kappa shape index (κ2) is 4.56. The second-order valence-electron chi connectivity index (χ2n) is 4.47. The summed E-state index contributed by atoms with van der Waals surface area (Å²) in [6.07, 6.45) is 0. The number of hydrogen-bond donors (Lipinski definition) is 1. The first kappa shape index (κ1) is 13.1. The molecule has 0 aliphatic rings. The van der Waals surface area contributed by atoms with E-state index >= 15 is 0 Å². The normalized spacial score (nSPS) is 11.2. The number of fused-ring (bicyclic) bond motifs is 1. The number of aryl methyl sites for hydroxylation is 1. The summed E-state index contributed by atoms with van der Waals surface area (Å²) in [5.74, 6) is -0.640. The Hall–Kier alpha value is -1.95.